The van der Waals surface area contributed by atoms with Crippen LogP contribution < -0.4 is 0 Å². The predicted molar refractivity (Wildman–Crippen MR) is 106 cm³/mol. The van der Waals surface area contributed by atoms with Gasteiger partial charge in [0, 0.05) is 34.3 Å². The van der Waals surface area contributed by atoms with Gasteiger partial charge in [0.2, 0.25) is 5.90 Å². The lowest BCUT2D eigenvalue weighted by molar-refractivity contribution is 0.264. The summed E-state index contributed by atoms with van der Waals surface area (Å²) in [5, 5.41) is 22.1. The Kier molecular flexibility index (Phi) is 4.77. The quantitative estimate of drug-likeness (QED) is 0.837. The lowest BCUT2D eigenvalue weighted by Gasteiger charge is -2.39. The maximum atomic E-state index is 9.70. The minimum Gasteiger partial charge on any atom is -0.442 e. The van der Waals surface area contributed by atoms with Crippen LogP contribution in [0, 0.1) is 22.7 Å². The van der Waals surface area contributed by atoms with Crippen molar-refractivity contribution >= 4 is 34.6 Å². The molecule has 2 atom stereocenters. The van der Waals surface area contributed by atoms with Crippen LogP contribution in [0.25, 0.3) is 6.08 Å². The predicted octanol–water partition coefficient (Wildman–Crippen LogP) is 4.71. The van der Waals surface area contributed by atoms with Crippen molar-refractivity contribution in [3.63, 3.8) is 0 Å². The van der Waals surface area contributed by atoms with E-state index in [1.807, 2.05) is 17.5 Å². The minimum atomic E-state index is -0.563. The summed E-state index contributed by atoms with van der Waals surface area (Å²) in [5.74, 6) is 0.203. The molecule has 2 aromatic rings. The van der Waals surface area contributed by atoms with Crippen LogP contribution in [0.5, 0.6) is 0 Å². The van der Waals surface area contributed by atoms with Crippen LogP contribution in [0.15, 0.2) is 51.9 Å². The molecule has 0 amide bonds. The molecule has 4 nitrogen and oxygen atoms in total. The van der Waals surface area contributed by atoms with E-state index in [2.05, 4.69) is 41.5 Å². The molecule has 0 saturated heterocycles. The summed E-state index contributed by atoms with van der Waals surface area (Å²) in [5.41, 5.74) is 2.23. The van der Waals surface area contributed by atoms with Gasteiger partial charge in [0.25, 0.3) is 0 Å². The molecule has 0 radical (unpaired) electrons. The first kappa shape index (κ1) is 17.2. The smallest absolute Gasteiger partial charge is 0.205 e. The van der Waals surface area contributed by atoms with E-state index in [-0.39, 0.29) is 11.8 Å². The Balaban J connectivity index is 1.86. The molecule has 0 spiro atoms. The van der Waals surface area contributed by atoms with Gasteiger partial charge in [-0.15, -0.1) is 22.7 Å². The summed E-state index contributed by atoms with van der Waals surface area (Å²) < 4.78 is 5.93. The first-order valence-corrected chi connectivity index (χ1v) is 10.4. The summed E-state index contributed by atoms with van der Waals surface area (Å²) in [4.78, 5) is 4.67. The van der Waals surface area contributed by atoms with Gasteiger partial charge in [-0.25, -0.2) is 0 Å². The lowest BCUT2D eigenvalue weighted by atomic mass is 9.79. The van der Waals surface area contributed by atoms with Crippen LogP contribution in [0.2, 0.25) is 0 Å². The Labute approximate surface area is 161 Å². The third-order valence-electron chi connectivity index (χ3n) is 4.87. The van der Waals surface area contributed by atoms with Crippen LogP contribution in [0.4, 0.5) is 0 Å². The molecule has 2 aliphatic heterocycles. The number of ether oxygens (including phenoxy) is 1. The number of likely N-dealkylation sites (N-methyl/N-ethyl adjacent to an activating group) is 1. The van der Waals surface area contributed by atoms with Gasteiger partial charge in [-0.3, -0.25) is 10.3 Å². The minimum absolute atomic E-state index is 0.0617. The highest BCUT2D eigenvalue weighted by Crippen LogP contribution is 2.45. The Morgan fingerprint density at radius 2 is 2.12 bits per heavy atom. The van der Waals surface area contributed by atoms with Crippen LogP contribution in [-0.2, 0) is 4.74 Å². The molecule has 2 aliphatic rings. The molecule has 2 unspecified atom stereocenters. The van der Waals surface area contributed by atoms with E-state index in [0.717, 1.165) is 41.4 Å². The van der Waals surface area contributed by atoms with Gasteiger partial charge in [-0.1, -0.05) is 19.1 Å². The SMILES string of the molecule is CCN1CC2=C(OC(=N)C(C#N)C2c2cccs2)/C(=C/c2cccs2)C1. The molecule has 6 heteroatoms. The molecule has 1 N–H and O–H groups in total. The third kappa shape index (κ3) is 3.03. The Hall–Kier alpha value is -2.20. The second-order valence-electron chi connectivity index (χ2n) is 6.41. The first-order chi connectivity index (χ1) is 12.7. The molecule has 4 heterocycles. The monoisotopic (exact) mass is 381 g/mol. The lowest BCUT2D eigenvalue weighted by Crippen LogP contribution is -2.41. The highest BCUT2D eigenvalue weighted by atomic mass is 32.1. The number of rotatable bonds is 3. The number of nitrogens with one attached hydrogen (secondary N) is 1. The van der Waals surface area contributed by atoms with Crippen molar-refractivity contribution in [2.45, 2.75) is 12.8 Å². The average Bonchev–Trinajstić information content (AvgIpc) is 3.34. The van der Waals surface area contributed by atoms with Crippen molar-refractivity contribution in [3.8, 4) is 6.07 Å². The number of thiophene rings is 2. The van der Waals surface area contributed by atoms with Crippen LogP contribution >= 0.6 is 22.7 Å². The summed E-state index contributed by atoms with van der Waals surface area (Å²) >= 11 is 3.34. The van der Waals surface area contributed by atoms with Gasteiger partial charge >= 0.3 is 0 Å². The standard InChI is InChI=1S/C20H19N3OS2/c1-2-23-11-13(9-14-5-3-7-25-14)19-16(12-23)18(17-6-4-8-26-17)15(10-21)20(22)24-19/h3-9,15,18,22H,2,11-12H2,1H3/b13-9+,22-20?. The molecule has 0 bridgehead atoms. The van der Waals surface area contributed by atoms with Gasteiger partial charge in [-0.2, -0.15) is 5.26 Å². The zero-order chi connectivity index (χ0) is 18.1. The zero-order valence-electron chi connectivity index (χ0n) is 14.4. The molecular formula is C20H19N3OS2. The largest absolute Gasteiger partial charge is 0.442 e. The molecule has 0 aliphatic carbocycles. The van der Waals surface area contributed by atoms with Gasteiger partial charge in [-0.05, 0) is 41.1 Å². The van der Waals surface area contributed by atoms with Gasteiger partial charge in [0.1, 0.15) is 11.7 Å². The van der Waals surface area contributed by atoms with E-state index in [9.17, 15) is 5.26 Å². The Morgan fingerprint density at radius 1 is 1.31 bits per heavy atom. The van der Waals surface area contributed by atoms with Crippen molar-refractivity contribution in [3.05, 3.63) is 61.7 Å². The van der Waals surface area contributed by atoms with Gasteiger partial charge in [0.15, 0.2) is 0 Å². The first-order valence-electron chi connectivity index (χ1n) is 8.60. The van der Waals surface area contributed by atoms with E-state index in [0.29, 0.717) is 0 Å². The molecule has 2 aromatic heterocycles. The van der Waals surface area contributed by atoms with Crippen molar-refractivity contribution in [2.75, 3.05) is 19.6 Å². The summed E-state index contributed by atoms with van der Waals surface area (Å²) in [6.45, 7) is 4.67. The fourth-order valence-corrected chi connectivity index (χ4v) is 5.18. The zero-order valence-corrected chi connectivity index (χ0v) is 16.1. The number of hydrogen-bond acceptors (Lipinski definition) is 6. The molecule has 0 fully saturated rings. The van der Waals surface area contributed by atoms with Crippen molar-refractivity contribution in [2.24, 2.45) is 5.92 Å². The van der Waals surface area contributed by atoms with E-state index < -0.39 is 5.92 Å². The summed E-state index contributed by atoms with van der Waals surface area (Å²) in [6.07, 6.45) is 2.16. The fourth-order valence-electron chi connectivity index (χ4n) is 3.60. The maximum Gasteiger partial charge on any atom is 0.205 e. The van der Waals surface area contributed by atoms with Crippen LogP contribution in [0.3, 0.4) is 0 Å². The number of hydrogen-bond donors (Lipinski definition) is 1. The van der Waals surface area contributed by atoms with E-state index in [4.69, 9.17) is 10.1 Å². The van der Waals surface area contributed by atoms with Crippen LogP contribution in [0.1, 0.15) is 22.6 Å². The number of nitriles is 1. The fraction of sp³-hybridized carbons (Fsp3) is 0.300. The number of nitrogens with zero attached hydrogens (tertiary/aromatic N) is 2. The summed E-state index contributed by atoms with van der Waals surface area (Å²) in [6, 6.07) is 10.5. The van der Waals surface area contributed by atoms with E-state index >= 15 is 0 Å². The van der Waals surface area contributed by atoms with Gasteiger partial charge < -0.3 is 4.74 Å². The molecule has 0 saturated carbocycles. The van der Waals surface area contributed by atoms with Crippen LogP contribution in [-0.4, -0.2) is 30.4 Å². The molecular weight excluding hydrogens is 362 g/mol. The molecule has 26 heavy (non-hydrogen) atoms. The maximum absolute atomic E-state index is 9.70. The van der Waals surface area contributed by atoms with E-state index in [1.165, 1.54) is 4.88 Å². The normalized spacial score (nSPS) is 25.1. The average molecular weight is 382 g/mol. The van der Waals surface area contributed by atoms with Crippen molar-refractivity contribution < 1.29 is 4.74 Å². The van der Waals surface area contributed by atoms with Gasteiger partial charge in [0.05, 0.1) is 6.07 Å². The second kappa shape index (κ2) is 7.20. The molecule has 0 aromatic carbocycles. The van der Waals surface area contributed by atoms with Crippen molar-refractivity contribution in [1.29, 1.82) is 10.7 Å². The highest BCUT2D eigenvalue weighted by Gasteiger charge is 2.42. The topological polar surface area (TPSA) is 60.1 Å². The molecule has 4 rings (SSSR count). The highest BCUT2D eigenvalue weighted by molar-refractivity contribution is 7.10. The summed E-state index contributed by atoms with van der Waals surface area (Å²) in [7, 11) is 0. The van der Waals surface area contributed by atoms with Crippen molar-refractivity contribution in [1.82, 2.24) is 4.90 Å². The Bertz CT molecular complexity index is 904. The Morgan fingerprint density at radius 3 is 2.77 bits per heavy atom. The molecule has 132 valence electrons. The second-order valence-corrected chi connectivity index (χ2v) is 8.37. The third-order valence-corrected chi connectivity index (χ3v) is 6.64. The van der Waals surface area contributed by atoms with E-state index in [1.54, 1.807) is 22.7 Å².